The molecule has 0 aliphatic heterocycles. The van der Waals surface area contributed by atoms with Crippen molar-refractivity contribution in [2.75, 3.05) is 0 Å². The molecule has 122 valence electrons. The van der Waals surface area contributed by atoms with Crippen molar-refractivity contribution in [3.63, 3.8) is 0 Å². The molecule has 24 heavy (non-hydrogen) atoms. The minimum atomic E-state index is 0.459. The molecule has 0 saturated heterocycles. The fourth-order valence-electron chi connectivity index (χ4n) is 2.41. The van der Waals surface area contributed by atoms with E-state index >= 15 is 0 Å². The van der Waals surface area contributed by atoms with Gasteiger partial charge in [0.1, 0.15) is 0 Å². The Morgan fingerprint density at radius 1 is 1.21 bits per heavy atom. The summed E-state index contributed by atoms with van der Waals surface area (Å²) in [6.45, 7) is 5.13. The van der Waals surface area contributed by atoms with Crippen LogP contribution in [0.3, 0.4) is 0 Å². The molecule has 0 unspecified atom stereocenters. The predicted molar refractivity (Wildman–Crippen MR) is 93.3 cm³/mol. The van der Waals surface area contributed by atoms with Gasteiger partial charge < -0.3 is 4.42 Å². The van der Waals surface area contributed by atoms with Gasteiger partial charge in [0.15, 0.2) is 16.7 Å². The van der Waals surface area contributed by atoms with Crippen LogP contribution in [0.15, 0.2) is 52.2 Å². The second kappa shape index (κ2) is 7.37. The number of benzene rings is 1. The number of furan rings is 1. The maximum atomic E-state index is 9.21. The first-order chi connectivity index (χ1) is 11.7. The van der Waals surface area contributed by atoms with Crippen LogP contribution in [0.1, 0.15) is 25.0 Å². The van der Waals surface area contributed by atoms with E-state index in [4.69, 9.17) is 4.42 Å². The topological polar surface area (TPSA) is 67.6 Å². The van der Waals surface area contributed by atoms with Gasteiger partial charge in [-0.25, -0.2) is 0 Å². The van der Waals surface area contributed by atoms with Crippen LogP contribution in [0.4, 0.5) is 0 Å². The SMILES string of the molecule is CC(C)Cn1c(SCc2ccccc2C#N)nnc1-c1ccco1. The van der Waals surface area contributed by atoms with E-state index in [1.807, 2.05) is 36.4 Å². The highest BCUT2D eigenvalue weighted by molar-refractivity contribution is 7.98. The number of thioether (sulfide) groups is 1. The lowest BCUT2D eigenvalue weighted by molar-refractivity contribution is 0.489. The zero-order chi connectivity index (χ0) is 16.9. The Morgan fingerprint density at radius 2 is 2.04 bits per heavy atom. The van der Waals surface area contributed by atoms with Crippen LogP contribution in [0.5, 0.6) is 0 Å². The normalized spacial score (nSPS) is 10.9. The van der Waals surface area contributed by atoms with Crippen molar-refractivity contribution in [1.29, 1.82) is 5.26 Å². The van der Waals surface area contributed by atoms with Gasteiger partial charge in [-0.15, -0.1) is 10.2 Å². The van der Waals surface area contributed by atoms with Gasteiger partial charge in [-0.3, -0.25) is 4.57 Å². The highest BCUT2D eigenvalue weighted by Gasteiger charge is 2.17. The maximum absolute atomic E-state index is 9.21. The van der Waals surface area contributed by atoms with Crippen LogP contribution in [0.25, 0.3) is 11.6 Å². The van der Waals surface area contributed by atoms with Crippen molar-refractivity contribution in [3.8, 4) is 17.7 Å². The third-order valence-electron chi connectivity index (χ3n) is 3.50. The van der Waals surface area contributed by atoms with Crippen LogP contribution in [0, 0.1) is 17.2 Å². The molecule has 0 amide bonds. The van der Waals surface area contributed by atoms with Crippen LogP contribution in [0.2, 0.25) is 0 Å². The predicted octanol–water partition coefficient (Wildman–Crippen LogP) is 4.36. The summed E-state index contributed by atoms with van der Waals surface area (Å²) in [6, 6.07) is 13.6. The van der Waals surface area contributed by atoms with E-state index in [1.165, 1.54) is 0 Å². The molecular weight excluding hydrogens is 320 g/mol. The van der Waals surface area contributed by atoms with E-state index < -0.39 is 0 Å². The maximum Gasteiger partial charge on any atom is 0.200 e. The van der Waals surface area contributed by atoms with Crippen molar-refractivity contribution >= 4 is 11.8 Å². The van der Waals surface area contributed by atoms with Crippen molar-refractivity contribution in [2.24, 2.45) is 5.92 Å². The summed E-state index contributed by atoms with van der Waals surface area (Å²) in [4.78, 5) is 0. The fraction of sp³-hybridized carbons (Fsp3) is 0.278. The molecule has 0 fully saturated rings. The Bertz CT molecular complexity index is 846. The fourth-order valence-corrected chi connectivity index (χ4v) is 3.36. The molecule has 0 radical (unpaired) electrons. The first kappa shape index (κ1) is 16.3. The molecule has 0 bridgehead atoms. The lowest BCUT2D eigenvalue weighted by Gasteiger charge is -2.11. The minimum absolute atomic E-state index is 0.459. The Morgan fingerprint density at radius 3 is 2.75 bits per heavy atom. The highest BCUT2D eigenvalue weighted by atomic mass is 32.2. The van der Waals surface area contributed by atoms with E-state index in [-0.39, 0.29) is 0 Å². The Labute approximate surface area is 145 Å². The summed E-state index contributed by atoms with van der Waals surface area (Å²) in [6.07, 6.45) is 1.64. The standard InChI is InChI=1S/C18H18N4OS/c1-13(2)11-22-17(16-8-5-9-23-16)20-21-18(22)24-12-15-7-4-3-6-14(15)10-19/h3-9,13H,11-12H2,1-2H3. The van der Waals surface area contributed by atoms with Crippen LogP contribution >= 0.6 is 11.8 Å². The summed E-state index contributed by atoms with van der Waals surface area (Å²) in [5.41, 5.74) is 1.70. The molecular formula is C18H18N4OS. The second-order valence-corrected chi connectivity index (χ2v) is 6.79. The van der Waals surface area contributed by atoms with Gasteiger partial charge in [0.05, 0.1) is 17.9 Å². The molecule has 0 spiro atoms. The van der Waals surface area contributed by atoms with Gasteiger partial charge in [0.25, 0.3) is 0 Å². The molecule has 0 aliphatic carbocycles. The van der Waals surface area contributed by atoms with E-state index in [2.05, 4.69) is 34.7 Å². The third kappa shape index (κ3) is 3.52. The van der Waals surface area contributed by atoms with Gasteiger partial charge in [-0.2, -0.15) is 5.26 Å². The summed E-state index contributed by atoms with van der Waals surface area (Å²) >= 11 is 1.59. The van der Waals surface area contributed by atoms with E-state index in [9.17, 15) is 5.26 Å². The summed E-state index contributed by atoms with van der Waals surface area (Å²) < 4.78 is 7.57. The van der Waals surface area contributed by atoms with Crippen LogP contribution < -0.4 is 0 Å². The Hall–Kier alpha value is -2.52. The average molecular weight is 338 g/mol. The van der Waals surface area contributed by atoms with E-state index in [0.717, 1.165) is 23.1 Å². The first-order valence-electron chi connectivity index (χ1n) is 7.77. The van der Waals surface area contributed by atoms with Gasteiger partial charge in [-0.1, -0.05) is 43.8 Å². The third-order valence-corrected chi connectivity index (χ3v) is 4.52. The summed E-state index contributed by atoms with van der Waals surface area (Å²) in [5.74, 6) is 2.59. The zero-order valence-corrected chi connectivity index (χ0v) is 14.5. The smallest absolute Gasteiger partial charge is 0.200 e. The number of aromatic nitrogens is 3. The largest absolute Gasteiger partial charge is 0.461 e. The number of hydrogen-bond acceptors (Lipinski definition) is 5. The first-order valence-corrected chi connectivity index (χ1v) is 8.75. The monoisotopic (exact) mass is 338 g/mol. The molecule has 0 atom stereocenters. The molecule has 0 saturated carbocycles. The van der Waals surface area contributed by atoms with Gasteiger partial charge in [0, 0.05) is 12.3 Å². The second-order valence-electron chi connectivity index (χ2n) is 5.85. The van der Waals surface area contributed by atoms with Crippen LogP contribution in [-0.2, 0) is 12.3 Å². The highest BCUT2D eigenvalue weighted by Crippen LogP contribution is 2.28. The van der Waals surface area contributed by atoms with Crippen molar-refractivity contribution in [1.82, 2.24) is 14.8 Å². The molecule has 0 N–H and O–H groups in total. The number of rotatable bonds is 6. The molecule has 0 aliphatic rings. The van der Waals surface area contributed by atoms with E-state index in [0.29, 0.717) is 23.0 Å². The van der Waals surface area contributed by atoms with Crippen molar-refractivity contribution in [3.05, 3.63) is 53.8 Å². The van der Waals surface area contributed by atoms with E-state index in [1.54, 1.807) is 18.0 Å². The molecule has 5 nitrogen and oxygen atoms in total. The molecule has 2 heterocycles. The van der Waals surface area contributed by atoms with Gasteiger partial charge in [0.2, 0.25) is 0 Å². The zero-order valence-electron chi connectivity index (χ0n) is 13.6. The lowest BCUT2D eigenvalue weighted by Crippen LogP contribution is -2.07. The number of nitrogens with zero attached hydrogens (tertiary/aromatic N) is 4. The minimum Gasteiger partial charge on any atom is -0.461 e. The Kier molecular flexibility index (Phi) is 5.02. The van der Waals surface area contributed by atoms with Gasteiger partial charge in [-0.05, 0) is 29.7 Å². The molecule has 3 aromatic rings. The lowest BCUT2D eigenvalue weighted by atomic mass is 10.1. The van der Waals surface area contributed by atoms with Gasteiger partial charge >= 0.3 is 0 Å². The van der Waals surface area contributed by atoms with Crippen LogP contribution in [-0.4, -0.2) is 14.8 Å². The quantitative estimate of drug-likeness (QED) is 0.625. The molecule has 6 heteroatoms. The summed E-state index contributed by atoms with van der Waals surface area (Å²) in [5, 5.41) is 18.7. The molecule has 2 aromatic heterocycles. The molecule has 1 aromatic carbocycles. The van der Waals surface area contributed by atoms with Crippen molar-refractivity contribution in [2.45, 2.75) is 31.3 Å². The molecule has 3 rings (SSSR count). The summed E-state index contributed by atoms with van der Waals surface area (Å²) in [7, 11) is 0. The average Bonchev–Trinajstić information content (AvgIpc) is 3.22. The Balaban J connectivity index is 1.87. The number of hydrogen-bond donors (Lipinski definition) is 0. The number of nitriles is 1. The van der Waals surface area contributed by atoms with Crippen molar-refractivity contribution < 1.29 is 4.42 Å².